The highest BCUT2D eigenvalue weighted by Crippen LogP contribution is 2.26. The smallest absolute Gasteiger partial charge is 0.291 e. The van der Waals surface area contributed by atoms with Gasteiger partial charge < -0.3 is 15.1 Å². The average molecular weight is 304 g/mol. The van der Waals surface area contributed by atoms with Crippen LogP contribution in [0.3, 0.4) is 0 Å². The molecule has 21 heavy (non-hydrogen) atoms. The van der Waals surface area contributed by atoms with E-state index < -0.39 is 11.8 Å². The molecule has 0 unspecified atom stereocenters. The second-order valence-electron chi connectivity index (χ2n) is 4.01. The molecule has 0 aliphatic carbocycles. The van der Waals surface area contributed by atoms with E-state index in [2.05, 4.69) is 10.6 Å². The molecule has 1 aromatic carbocycles. The zero-order chi connectivity index (χ0) is 15.2. The largest absolute Gasteiger partial charge is 0.459 e. The van der Waals surface area contributed by atoms with E-state index in [4.69, 9.17) is 21.3 Å². The molecule has 7 heteroatoms. The SMILES string of the molecule is N#CCC(=O)Nc1ccc(Cl)c(NC(=O)c2ccco2)c1. The lowest BCUT2D eigenvalue weighted by atomic mass is 10.2. The van der Waals surface area contributed by atoms with Crippen LogP contribution in [0.15, 0.2) is 41.0 Å². The highest BCUT2D eigenvalue weighted by atomic mass is 35.5. The second-order valence-corrected chi connectivity index (χ2v) is 4.42. The third-order valence-electron chi connectivity index (χ3n) is 2.48. The minimum Gasteiger partial charge on any atom is -0.459 e. The average Bonchev–Trinajstić information content (AvgIpc) is 2.97. The number of hydrogen-bond acceptors (Lipinski definition) is 4. The van der Waals surface area contributed by atoms with Crippen molar-refractivity contribution in [2.75, 3.05) is 10.6 Å². The minimum atomic E-state index is -0.456. The van der Waals surface area contributed by atoms with E-state index in [1.807, 2.05) is 0 Å². The molecule has 0 bridgehead atoms. The number of halogens is 1. The van der Waals surface area contributed by atoms with Crippen LogP contribution in [0.1, 0.15) is 17.0 Å². The predicted octanol–water partition coefficient (Wildman–Crippen LogP) is 3.04. The summed E-state index contributed by atoms with van der Waals surface area (Å²) in [5, 5.41) is 13.9. The number of benzene rings is 1. The highest BCUT2D eigenvalue weighted by Gasteiger charge is 2.12. The lowest BCUT2D eigenvalue weighted by Gasteiger charge is -2.09. The van der Waals surface area contributed by atoms with Gasteiger partial charge in [0, 0.05) is 5.69 Å². The zero-order valence-electron chi connectivity index (χ0n) is 10.7. The number of nitrogens with one attached hydrogen (secondary N) is 2. The molecular formula is C14H10ClN3O3. The zero-order valence-corrected chi connectivity index (χ0v) is 11.5. The topological polar surface area (TPSA) is 95.1 Å². The molecule has 1 aromatic heterocycles. The Bertz CT molecular complexity index is 705. The Labute approximate surface area is 125 Å². The van der Waals surface area contributed by atoms with Gasteiger partial charge in [0.2, 0.25) is 5.91 Å². The fraction of sp³-hybridized carbons (Fsp3) is 0.0714. The van der Waals surface area contributed by atoms with Gasteiger partial charge in [0.25, 0.3) is 5.91 Å². The number of amides is 2. The summed E-state index contributed by atoms with van der Waals surface area (Å²) in [6.07, 6.45) is 1.13. The van der Waals surface area contributed by atoms with E-state index in [0.717, 1.165) is 0 Å². The van der Waals surface area contributed by atoms with Crippen LogP contribution in [0.25, 0.3) is 0 Å². The minimum absolute atomic E-state index is 0.144. The number of hydrogen-bond donors (Lipinski definition) is 2. The summed E-state index contributed by atoms with van der Waals surface area (Å²) in [6, 6.07) is 9.45. The maximum Gasteiger partial charge on any atom is 0.291 e. The van der Waals surface area contributed by atoms with Crippen molar-refractivity contribution in [3.8, 4) is 6.07 Å². The van der Waals surface area contributed by atoms with Gasteiger partial charge in [-0.3, -0.25) is 9.59 Å². The van der Waals surface area contributed by atoms with Gasteiger partial charge in [-0.1, -0.05) is 11.6 Å². The first kappa shape index (κ1) is 14.6. The van der Waals surface area contributed by atoms with E-state index >= 15 is 0 Å². The highest BCUT2D eigenvalue weighted by molar-refractivity contribution is 6.34. The van der Waals surface area contributed by atoms with Gasteiger partial charge in [-0.25, -0.2) is 0 Å². The van der Waals surface area contributed by atoms with E-state index in [1.54, 1.807) is 18.2 Å². The van der Waals surface area contributed by atoms with Crippen LogP contribution in [0.2, 0.25) is 5.02 Å². The number of carbonyl (C=O) groups is 2. The molecule has 0 saturated carbocycles. The Hall–Kier alpha value is -2.78. The van der Waals surface area contributed by atoms with Crippen molar-refractivity contribution in [2.24, 2.45) is 0 Å². The fourth-order valence-electron chi connectivity index (χ4n) is 1.57. The number of rotatable bonds is 4. The third kappa shape index (κ3) is 3.84. The van der Waals surface area contributed by atoms with Gasteiger partial charge in [0.05, 0.1) is 23.0 Å². The normalized spacial score (nSPS) is 9.71. The van der Waals surface area contributed by atoms with E-state index in [1.165, 1.54) is 24.5 Å². The first-order chi connectivity index (χ1) is 10.1. The Morgan fingerprint density at radius 1 is 1.29 bits per heavy atom. The molecular weight excluding hydrogens is 294 g/mol. The summed E-state index contributed by atoms with van der Waals surface area (Å²) in [7, 11) is 0. The summed E-state index contributed by atoms with van der Waals surface area (Å²) in [5.74, 6) is -0.754. The Morgan fingerprint density at radius 2 is 2.10 bits per heavy atom. The van der Waals surface area contributed by atoms with Crippen LogP contribution in [-0.4, -0.2) is 11.8 Å². The summed E-state index contributed by atoms with van der Waals surface area (Å²) < 4.78 is 4.97. The second kappa shape index (κ2) is 6.59. The molecule has 6 nitrogen and oxygen atoms in total. The van der Waals surface area contributed by atoms with E-state index in [0.29, 0.717) is 16.4 Å². The van der Waals surface area contributed by atoms with Crippen LogP contribution in [0.4, 0.5) is 11.4 Å². The molecule has 1 heterocycles. The van der Waals surface area contributed by atoms with Gasteiger partial charge in [-0.05, 0) is 30.3 Å². The molecule has 2 rings (SSSR count). The van der Waals surface area contributed by atoms with Crippen molar-refractivity contribution in [1.29, 1.82) is 5.26 Å². The molecule has 2 N–H and O–H groups in total. The number of furan rings is 1. The Kier molecular flexibility index (Phi) is 4.59. The Balaban J connectivity index is 2.14. The molecule has 0 aliphatic heterocycles. The van der Waals surface area contributed by atoms with Crippen molar-refractivity contribution in [2.45, 2.75) is 6.42 Å². The fourth-order valence-corrected chi connectivity index (χ4v) is 1.73. The van der Waals surface area contributed by atoms with Crippen molar-refractivity contribution >= 4 is 34.8 Å². The third-order valence-corrected chi connectivity index (χ3v) is 2.81. The first-order valence-electron chi connectivity index (χ1n) is 5.91. The van der Waals surface area contributed by atoms with E-state index in [9.17, 15) is 9.59 Å². The molecule has 106 valence electrons. The van der Waals surface area contributed by atoms with Crippen LogP contribution in [0.5, 0.6) is 0 Å². The number of carbonyl (C=O) groups excluding carboxylic acids is 2. The molecule has 0 fully saturated rings. The van der Waals surface area contributed by atoms with Crippen LogP contribution in [-0.2, 0) is 4.79 Å². The molecule has 0 atom stereocenters. The van der Waals surface area contributed by atoms with Gasteiger partial charge in [-0.2, -0.15) is 5.26 Å². The quantitative estimate of drug-likeness (QED) is 0.907. The van der Waals surface area contributed by atoms with Crippen LogP contribution < -0.4 is 10.6 Å². The van der Waals surface area contributed by atoms with Crippen molar-refractivity contribution in [1.82, 2.24) is 0 Å². The summed E-state index contributed by atoms with van der Waals surface area (Å²) in [5.41, 5.74) is 0.752. The first-order valence-corrected chi connectivity index (χ1v) is 6.29. The van der Waals surface area contributed by atoms with Gasteiger partial charge in [0.1, 0.15) is 6.42 Å². The van der Waals surface area contributed by atoms with Crippen molar-refractivity contribution in [3.05, 3.63) is 47.4 Å². The van der Waals surface area contributed by atoms with Crippen molar-refractivity contribution < 1.29 is 14.0 Å². The standard InChI is InChI=1S/C14H10ClN3O3/c15-10-4-3-9(17-13(19)5-6-16)8-11(10)18-14(20)12-2-1-7-21-12/h1-4,7-8H,5H2,(H,17,19)(H,18,20). The number of nitriles is 1. The number of anilines is 2. The van der Waals surface area contributed by atoms with Crippen LogP contribution in [0, 0.1) is 11.3 Å². The molecule has 0 radical (unpaired) electrons. The molecule has 0 aliphatic rings. The Morgan fingerprint density at radius 3 is 2.76 bits per heavy atom. The predicted molar refractivity (Wildman–Crippen MR) is 77.0 cm³/mol. The van der Waals surface area contributed by atoms with Gasteiger partial charge >= 0.3 is 0 Å². The van der Waals surface area contributed by atoms with Gasteiger partial charge in [0.15, 0.2) is 5.76 Å². The summed E-state index contributed by atoms with van der Waals surface area (Å²) in [6.45, 7) is 0. The maximum atomic E-state index is 11.9. The van der Waals surface area contributed by atoms with E-state index in [-0.39, 0.29) is 12.2 Å². The molecule has 2 amide bonds. The molecule has 0 saturated heterocycles. The van der Waals surface area contributed by atoms with Crippen molar-refractivity contribution in [3.63, 3.8) is 0 Å². The molecule has 2 aromatic rings. The van der Waals surface area contributed by atoms with Gasteiger partial charge in [-0.15, -0.1) is 0 Å². The van der Waals surface area contributed by atoms with Crippen LogP contribution >= 0.6 is 11.6 Å². The lowest BCUT2D eigenvalue weighted by Crippen LogP contribution is -2.13. The lowest BCUT2D eigenvalue weighted by molar-refractivity contribution is -0.115. The summed E-state index contributed by atoms with van der Waals surface area (Å²) >= 11 is 5.99. The number of nitrogens with zero attached hydrogens (tertiary/aromatic N) is 1. The monoisotopic (exact) mass is 303 g/mol. The summed E-state index contributed by atoms with van der Waals surface area (Å²) in [4.78, 5) is 23.2. The maximum absolute atomic E-state index is 11.9. The molecule has 0 spiro atoms.